The van der Waals surface area contributed by atoms with Crippen molar-refractivity contribution in [3.8, 4) is 0 Å². The molecule has 15 heavy (non-hydrogen) atoms. The van der Waals surface area contributed by atoms with Gasteiger partial charge in [0.1, 0.15) is 11.5 Å². The van der Waals surface area contributed by atoms with Crippen molar-refractivity contribution >= 4 is 5.65 Å². The van der Waals surface area contributed by atoms with Gasteiger partial charge in [-0.2, -0.15) is 0 Å². The highest BCUT2D eigenvalue weighted by Gasteiger charge is 2.19. The van der Waals surface area contributed by atoms with Gasteiger partial charge in [-0.1, -0.05) is 20.8 Å². The zero-order chi connectivity index (χ0) is 11.2. The maximum Gasteiger partial charge on any atom is 0.140 e. The van der Waals surface area contributed by atoms with Crippen LogP contribution < -0.4 is 0 Å². The summed E-state index contributed by atoms with van der Waals surface area (Å²) in [5, 5.41) is 0. The predicted octanol–water partition coefficient (Wildman–Crippen LogP) is 3.08. The van der Waals surface area contributed by atoms with Crippen LogP contribution in [0.25, 0.3) is 5.65 Å². The maximum atomic E-state index is 13.4. The van der Waals surface area contributed by atoms with Gasteiger partial charge in [-0.3, -0.25) is 0 Å². The number of imidazole rings is 1. The van der Waals surface area contributed by atoms with Crippen molar-refractivity contribution in [2.24, 2.45) is 0 Å². The summed E-state index contributed by atoms with van der Waals surface area (Å²) in [7, 11) is 0. The van der Waals surface area contributed by atoms with E-state index in [9.17, 15) is 4.39 Å². The molecule has 2 aromatic rings. The number of halogens is 1. The van der Waals surface area contributed by atoms with Crippen molar-refractivity contribution in [2.45, 2.75) is 33.1 Å². The van der Waals surface area contributed by atoms with Crippen LogP contribution in [-0.2, 0) is 5.41 Å². The summed E-state index contributed by atoms with van der Waals surface area (Å²) in [5.74, 6) is -0.214. The Labute approximate surface area is 88.8 Å². The molecule has 3 heteroatoms. The topological polar surface area (TPSA) is 17.3 Å². The zero-order valence-electron chi connectivity index (χ0n) is 9.50. The fourth-order valence-electron chi connectivity index (χ4n) is 1.72. The lowest BCUT2D eigenvalue weighted by Crippen LogP contribution is -2.14. The Bertz CT molecular complexity index is 506. The smallest absolute Gasteiger partial charge is 0.140 e. The van der Waals surface area contributed by atoms with Crippen molar-refractivity contribution in [3.05, 3.63) is 35.5 Å². The largest absolute Gasteiger partial charge is 0.301 e. The Balaban J connectivity index is 2.84. The number of hydrogen-bond donors (Lipinski definition) is 0. The van der Waals surface area contributed by atoms with E-state index in [1.807, 2.05) is 6.92 Å². The third-order valence-corrected chi connectivity index (χ3v) is 2.57. The molecule has 2 nitrogen and oxygen atoms in total. The molecule has 0 spiro atoms. The molecule has 0 saturated carbocycles. The normalized spacial score (nSPS) is 12.3. The first-order valence-electron chi connectivity index (χ1n) is 5.03. The van der Waals surface area contributed by atoms with Crippen LogP contribution >= 0.6 is 0 Å². The molecule has 0 aliphatic rings. The molecule has 0 radical (unpaired) electrons. The maximum absolute atomic E-state index is 13.4. The molecule has 0 aliphatic heterocycles. The summed E-state index contributed by atoms with van der Waals surface area (Å²) in [6.45, 7) is 8.11. The second-order valence-electron chi connectivity index (χ2n) is 4.92. The fourth-order valence-corrected chi connectivity index (χ4v) is 1.72. The lowest BCUT2D eigenvalue weighted by Gasteiger charge is -2.19. The quantitative estimate of drug-likeness (QED) is 0.647. The van der Waals surface area contributed by atoms with E-state index < -0.39 is 0 Å². The van der Waals surface area contributed by atoms with Crippen LogP contribution in [0.4, 0.5) is 4.39 Å². The van der Waals surface area contributed by atoms with Crippen LogP contribution in [0.2, 0.25) is 0 Å². The Kier molecular flexibility index (Phi) is 2.07. The fraction of sp³-hybridized carbons (Fsp3) is 0.417. The first kappa shape index (κ1) is 10.1. The summed E-state index contributed by atoms with van der Waals surface area (Å²) in [4.78, 5) is 4.32. The first-order chi connectivity index (χ1) is 6.89. The van der Waals surface area contributed by atoms with E-state index in [0.717, 1.165) is 16.9 Å². The number of hydrogen-bond acceptors (Lipinski definition) is 1. The van der Waals surface area contributed by atoms with Crippen LogP contribution in [0, 0.1) is 12.7 Å². The Hall–Kier alpha value is -1.38. The molecule has 0 atom stereocenters. The molecule has 0 bridgehead atoms. The molecular weight excluding hydrogens is 191 g/mol. The number of aromatic nitrogens is 2. The van der Waals surface area contributed by atoms with E-state index in [4.69, 9.17) is 0 Å². The van der Waals surface area contributed by atoms with Crippen LogP contribution in [-0.4, -0.2) is 9.38 Å². The number of pyridine rings is 1. The Morgan fingerprint density at radius 3 is 2.60 bits per heavy atom. The number of aryl methyl sites for hydroxylation is 1. The Morgan fingerprint density at radius 1 is 1.33 bits per heavy atom. The minimum atomic E-state index is -0.214. The molecule has 2 aromatic heterocycles. The average Bonchev–Trinajstić information content (AvgIpc) is 2.45. The number of rotatable bonds is 0. The number of nitrogens with zero attached hydrogens (tertiary/aromatic N) is 2. The van der Waals surface area contributed by atoms with Gasteiger partial charge in [0.25, 0.3) is 0 Å². The highest BCUT2D eigenvalue weighted by atomic mass is 19.1. The number of fused-ring (bicyclic) bond motifs is 1. The molecular formula is C12H15FN2. The van der Waals surface area contributed by atoms with E-state index in [1.165, 1.54) is 6.20 Å². The lowest BCUT2D eigenvalue weighted by molar-refractivity contribution is 0.568. The first-order valence-corrected chi connectivity index (χ1v) is 5.03. The minimum absolute atomic E-state index is 0.0961. The standard InChI is InChI=1S/C12H15FN2/c1-8-6-14-11-10(12(2,3)4)5-9(13)7-15(8)11/h5-7H,1-4H3. The minimum Gasteiger partial charge on any atom is -0.301 e. The average molecular weight is 206 g/mol. The molecule has 0 aliphatic carbocycles. The third kappa shape index (κ3) is 1.62. The van der Waals surface area contributed by atoms with Crippen molar-refractivity contribution in [3.63, 3.8) is 0 Å². The van der Waals surface area contributed by atoms with Gasteiger partial charge < -0.3 is 4.40 Å². The van der Waals surface area contributed by atoms with Gasteiger partial charge in [0, 0.05) is 23.7 Å². The molecule has 0 aromatic carbocycles. The summed E-state index contributed by atoms with van der Waals surface area (Å²) in [5.41, 5.74) is 2.65. The van der Waals surface area contributed by atoms with Crippen molar-refractivity contribution in [1.82, 2.24) is 9.38 Å². The SMILES string of the molecule is Cc1cnc2c(C(C)(C)C)cc(F)cn12. The molecule has 2 rings (SSSR count). The van der Waals surface area contributed by atoms with E-state index in [-0.39, 0.29) is 11.2 Å². The van der Waals surface area contributed by atoms with Gasteiger partial charge in [-0.15, -0.1) is 0 Å². The van der Waals surface area contributed by atoms with Crippen LogP contribution in [0.15, 0.2) is 18.5 Å². The highest BCUT2D eigenvalue weighted by molar-refractivity contribution is 5.52. The summed E-state index contributed by atoms with van der Waals surface area (Å²) < 4.78 is 15.2. The molecule has 0 N–H and O–H groups in total. The van der Waals surface area contributed by atoms with Crippen LogP contribution in [0.5, 0.6) is 0 Å². The molecule has 80 valence electrons. The van der Waals surface area contributed by atoms with Gasteiger partial charge in [0.2, 0.25) is 0 Å². The molecule has 2 heterocycles. The lowest BCUT2D eigenvalue weighted by atomic mass is 9.88. The van der Waals surface area contributed by atoms with Crippen LogP contribution in [0.3, 0.4) is 0 Å². The van der Waals surface area contributed by atoms with Crippen molar-refractivity contribution < 1.29 is 4.39 Å². The summed E-state index contributed by atoms with van der Waals surface area (Å²) in [6, 6.07) is 1.57. The van der Waals surface area contributed by atoms with E-state index in [2.05, 4.69) is 25.8 Å². The van der Waals surface area contributed by atoms with E-state index in [1.54, 1.807) is 16.7 Å². The predicted molar refractivity (Wildman–Crippen MR) is 58.6 cm³/mol. The summed E-state index contributed by atoms with van der Waals surface area (Å²) >= 11 is 0. The molecule has 0 amide bonds. The zero-order valence-corrected chi connectivity index (χ0v) is 9.50. The van der Waals surface area contributed by atoms with E-state index >= 15 is 0 Å². The van der Waals surface area contributed by atoms with Gasteiger partial charge in [0.05, 0.1) is 0 Å². The van der Waals surface area contributed by atoms with Gasteiger partial charge in [-0.25, -0.2) is 9.37 Å². The third-order valence-electron chi connectivity index (χ3n) is 2.57. The highest BCUT2D eigenvalue weighted by Crippen LogP contribution is 2.27. The second-order valence-corrected chi connectivity index (χ2v) is 4.92. The molecule has 0 saturated heterocycles. The monoisotopic (exact) mass is 206 g/mol. The van der Waals surface area contributed by atoms with Crippen LogP contribution in [0.1, 0.15) is 32.0 Å². The molecule has 0 fully saturated rings. The second kappa shape index (κ2) is 3.05. The summed E-state index contributed by atoms with van der Waals surface area (Å²) in [6.07, 6.45) is 3.25. The van der Waals surface area contributed by atoms with Gasteiger partial charge >= 0.3 is 0 Å². The van der Waals surface area contributed by atoms with E-state index in [0.29, 0.717) is 0 Å². The van der Waals surface area contributed by atoms with Gasteiger partial charge in [-0.05, 0) is 18.4 Å². The molecule has 0 unspecified atom stereocenters. The van der Waals surface area contributed by atoms with Crippen molar-refractivity contribution in [2.75, 3.05) is 0 Å². The van der Waals surface area contributed by atoms with Crippen molar-refractivity contribution in [1.29, 1.82) is 0 Å². The Morgan fingerprint density at radius 2 is 2.00 bits per heavy atom. The van der Waals surface area contributed by atoms with Gasteiger partial charge in [0.15, 0.2) is 0 Å².